The van der Waals surface area contributed by atoms with Crippen molar-refractivity contribution in [3.05, 3.63) is 39.2 Å². The number of amides is 1. The van der Waals surface area contributed by atoms with Gasteiger partial charge in [0.1, 0.15) is 5.82 Å². The smallest absolute Gasteiger partial charge is 0.236 e. The Kier molecular flexibility index (Phi) is 5.99. The van der Waals surface area contributed by atoms with Gasteiger partial charge >= 0.3 is 0 Å². The van der Waals surface area contributed by atoms with E-state index in [1.807, 2.05) is 11.3 Å². The van der Waals surface area contributed by atoms with Gasteiger partial charge in [-0.25, -0.2) is 4.98 Å². The maximum atomic E-state index is 12.2. The molecule has 9 heteroatoms. The number of thioether (sulfide) groups is 1. The Morgan fingerprint density at radius 3 is 2.96 bits per heavy atom. The first-order chi connectivity index (χ1) is 13.7. The van der Waals surface area contributed by atoms with Crippen LogP contribution in [0.25, 0.3) is 11.4 Å². The number of halogens is 1. The van der Waals surface area contributed by atoms with Crippen LogP contribution in [0.5, 0.6) is 0 Å². The molecule has 0 saturated heterocycles. The Balaban J connectivity index is 1.46. The Bertz CT molecular complexity index is 983. The molecule has 3 heterocycles. The Hall–Kier alpha value is -1.90. The number of carbonyl (C=O) groups is 1. The summed E-state index contributed by atoms with van der Waals surface area (Å²) in [5.41, 5.74) is 2.64. The standard InChI is InChI=1S/C19H20ClN5OS2/c1-2-25-18(14-10-27-15-6-4-3-5-13(14)15)23-24-19(25)28-11-17(26)22-16-8-7-12(20)9-21-16/h7-10H,2-6,11H2,1H3,(H,21,22,26). The highest BCUT2D eigenvalue weighted by Crippen LogP contribution is 2.36. The molecule has 0 aliphatic heterocycles. The number of nitrogens with one attached hydrogen (secondary N) is 1. The molecule has 0 saturated carbocycles. The summed E-state index contributed by atoms with van der Waals surface area (Å²) in [6.07, 6.45) is 6.29. The molecule has 1 N–H and O–H groups in total. The number of rotatable bonds is 6. The maximum Gasteiger partial charge on any atom is 0.236 e. The molecular formula is C19H20ClN5OS2. The van der Waals surface area contributed by atoms with Crippen molar-refractivity contribution in [1.29, 1.82) is 0 Å². The molecule has 1 amide bonds. The molecule has 0 aromatic carbocycles. The fourth-order valence-corrected chi connectivity index (χ4v) is 5.36. The van der Waals surface area contributed by atoms with Gasteiger partial charge in [0.05, 0.1) is 10.8 Å². The van der Waals surface area contributed by atoms with Crippen molar-refractivity contribution in [2.45, 2.75) is 44.3 Å². The van der Waals surface area contributed by atoms with Gasteiger partial charge in [0.2, 0.25) is 5.91 Å². The zero-order valence-electron chi connectivity index (χ0n) is 15.4. The summed E-state index contributed by atoms with van der Waals surface area (Å²) in [7, 11) is 0. The van der Waals surface area contributed by atoms with Gasteiger partial charge in [0.15, 0.2) is 11.0 Å². The second kappa shape index (κ2) is 8.63. The molecule has 3 aromatic heterocycles. The summed E-state index contributed by atoms with van der Waals surface area (Å²) in [6.45, 7) is 2.84. The van der Waals surface area contributed by atoms with Crippen LogP contribution in [-0.4, -0.2) is 31.4 Å². The Morgan fingerprint density at radius 2 is 2.18 bits per heavy atom. The number of fused-ring (bicyclic) bond motifs is 1. The van der Waals surface area contributed by atoms with E-state index in [4.69, 9.17) is 11.6 Å². The van der Waals surface area contributed by atoms with E-state index in [-0.39, 0.29) is 11.7 Å². The van der Waals surface area contributed by atoms with Crippen molar-refractivity contribution in [2.75, 3.05) is 11.1 Å². The maximum absolute atomic E-state index is 12.2. The van der Waals surface area contributed by atoms with E-state index in [9.17, 15) is 4.79 Å². The van der Waals surface area contributed by atoms with Crippen LogP contribution in [0, 0.1) is 0 Å². The first kappa shape index (κ1) is 19.4. The van der Waals surface area contributed by atoms with Gasteiger partial charge in [0.25, 0.3) is 0 Å². The highest BCUT2D eigenvalue weighted by atomic mass is 35.5. The third kappa shape index (κ3) is 4.09. The van der Waals surface area contributed by atoms with Gasteiger partial charge < -0.3 is 9.88 Å². The normalized spacial score (nSPS) is 13.4. The molecule has 6 nitrogen and oxygen atoms in total. The number of nitrogens with zero attached hydrogens (tertiary/aromatic N) is 4. The highest BCUT2D eigenvalue weighted by Gasteiger charge is 2.22. The first-order valence-corrected chi connectivity index (χ1v) is 11.5. The number of aromatic nitrogens is 4. The summed E-state index contributed by atoms with van der Waals surface area (Å²) in [4.78, 5) is 17.8. The number of aryl methyl sites for hydroxylation is 1. The predicted octanol–water partition coefficient (Wildman–Crippen LogP) is 4.68. The van der Waals surface area contributed by atoms with E-state index in [2.05, 4.69) is 37.4 Å². The van der Waals surface area contributed by atoms with Crippen LogP contribution >= 0.6 is 34.7 Å². The molecule has 28 heavy (non-hydrogen) atoms. The molecule has 0 unspecified atom stereocenters. The van der Waals surface area contributed by atoms with Crippen LogP contribution in [0.1, 0.15) is 30.2 Å². The molecule has 0 fully saturated rings. The number of hydrogen-bond donors (Lipinski definition) is 1. The molecule has 3 aromatic rings. The van der Waals surface area contributed by atoms with Gasteiger partial charge in [-0.3, -0.25) is 4.79 Å². The predicted molar refractivity (Wildman–Crippen MR) is 114 cm³/mol. The zero-order valence-corrected chi connectivity index (χ0v) is 17.8. The minimum absolute atomic E-state index is 0.139. The first-order valence-electron chi connectivity index (χ1n) is 9.22. The number of anilines is 1. The van der Waals surface area contributed by atoms with Crippen molar-refractivity contribution in [1.82, 2.24) is 19.7 Å². The fraction of sp³-hybridized carbons (Fsp3) is 0.368. The lowest BCUT2D eigenvalue weighted by molar-refractivity contribution is -0.113. The number of carbonyl (C=O) groups excluding carboxylic acids is 1. The number of pyridine rings is 1. The lowest BCUT2D eigenvalue weighted by Gasteiger charge is -2.13. The molecule has 4 rings (SSSR count). The van der Waals surface area contributed by atoms with E-state index in [1.54, 1.807) is 12.1 Å². The second-order valence-corrected chi connectivity index (χ2v) is 8.85. The van der Waals surface area contributed by atoms with Crippen molar-refractivity contribution in [3.63, 3.8) is 0 Å². The van der Waals surface area contributed by atoms with Gasteiger partial charge in [0, 0.05) is 28.6 Å². The molecule has 0 spiro atoms. The Labute approximate surface area is 176 Å². The lowest BCUT2D eigenvalue weighted by Crippen LogP contribution is -2.15. The van der Waals surface area contributed by atoms with E-state index in [1.165, 1.54) is 53.2 Å². The van der Waals surface area contributed by atoms with E-state index in [0.717, 1.165) is 23.9 Å². The lowest BCUT2D eigenvalue weighted by atomic mass is 9.96. The monoisotopic (exact) mass is 433 g/mol. The average molecular weight is 434 g/mol. The van der Waals surface area contributed by atoms with E-state index in [0.29, 0.717) is 10.8 Å². The average Bonchev–Trinajstić information content (AvgIpc) is 3.31. The van der Waals surface area contributed by atoms with Crippen molar-refractivity contribution >= 4 is 46.4 Å². The topological polar surface area (TPSA) is 72.7 Å². The molecule has 0 radical (unpaired) electrons. The largest absolute Gasteiger partial charge is 0.310 e. The molecule has 1 aliphatic rings. The minimum Gasteiger partial charge on any atom is -0.310 e. The van der Waals surface area contributed by atoms with Gasteiger partial charge in [-0.1, -0.05) is 23.4 Å². The third-order valence-electron chi connectivity index (χ3n) is 4.66. The van der Waals surface area contributed by atoms with E-state index < -0.39 is 0 Å². The highest BCUT2D eigenvalue weighted by molar-refractivity contribution is 7.99. The molecule has 1 aliphatic carbocycles. The van der Waals surface area contributed by atoms with Crippen molar-refractivity contribution < 1.29 is 4.79 Å². The quantitative estimate of drug-likeness (QED) is 0.571. The minimum atomic E-state index is -0.139. The second-order valence-electron chi connectivity index (χ2n) is 6.51. The summed E-state index contributed by atoms with van der Waals surface area (Å²) in [5.74, 6) is 1.49. The number of hydrogen-bond acceptors (Lipinski definition) is 6. The summed E-state index contributed by atoms with van der Waals surface area (Å²) in [6, 6.07) is 3.37. The van der Waals surface area contributed by atoms with Gasteiger partial charge in [-0.2, -0.15) is 0 Å². The SMILES string of the molecule is CCn1c(SCC(=O)Nc2ccc(Cl)cn2)nnc1-c1csc2c1CCCC2. The molecule has 146 valence electrons. The third-order valence-corrected chi connectivity index (χ3v) is 6.94. The van der Waals surface area contributed by atoms with Crippen LogP contribution in [0.3, 0.4) is 0 Å². The summed E-state index contributed by atoms with van der Waals surface area (Å²) in [5, 5.41) is 15.1. The summed E-state index contributed by atoms with van der Waals surface area (Å²) < 4.78 is 2.09. The molecular weight excluding hydrogens is 414 g/mol. The molecule has 0 bridgehead atoms. The van der Waals surface area contributed by atoms with Crippen molar-refractivity contribution in [2.24, 2.45) is 0 Å². The summed E-state index contributed by atoms with van der Waals surface area (Å²) >= 11 is 9.03. The van der Waals surface area contributed by atoms with Crippen LogP contribution in [0.15, 0.2) is 28.9 Å². The van der Waals surface area contributed by atoms with Crippen molar-refractivity contribution in [3.8, 4) is 11.4 Å². The van der Waals surface area contributed by atoms with Gasteiger partial charge in [-0.15, -0.1) is 21.5 Å². The van der Waals surface area contributed by atoms with Crippen LogP contribution in [0.4, 0.5) is 5.82 Å². The van der Waals surface area contributed by atoms with E-state index >= 15 is 0 Å². The number of thiophene rings is 1. The Morgan fingerprint density at radius 1 is 1.32 bits per heavy atom. The van der Waals surface area contributed by atoms with Crippen LogP contribution in [0.2, 0.25) is 5.02 Å². The zero-order chi connectivity index (χ0) is 19.5. The van der Waals surface area contributed by atoms with Crippen LogP contribution < -0.4 is 5.32 Å². The molecule has 0 atom stereocenters. The van der Waals surface area contributed by atoms with Gasteiger partial charge in [-0.05, 0) is 50.3 Å². The van der Waals surface area contributed by atoms with Crippen LogP contribution in [-0.2, 0) is 24.2 Å². The fourth-order valence-electron chi connectivity index (χ4n) is 3.32.